The summed E-state index contributed by atoms with van der Waals surface area (Å²) >= 11 is 0. The van der Waals surface area contributed by atoms with Gasteiger partial charge in [-0.2, -0.15) is 5.10 Å². The second kappa shape index (κ2) is 5.70. The van der Waals surface area contributed by atoms with Crippen LogP contribution in [0.3, 0.4) is 0 Å². The number of hydrogen-bond acceptors (Lipinski definition) is 6. The maximum Gasteiger partial charge on any atom is 0.247 e. The van der Waals surface area contributed by atoms with E-state index in [0.29, 0.717) is 0 Å². The van der Waals surface area contributed by atoms with Crippen LogP contribution in [0, 0.1) is 0 Å². The molecule has 114 valence electrons. The van der Waals surface area contributed by atoms with E-state index in [1.165, 1.54) is 6.20 Å². The van der Waals surface area contributed by atoms with Gasteiger partial charge in [0.25, 0.3) is 0 Å². The van der Waals surface area contributed by atoms with E-state index in [2.05, 4.69) is 15.1 Å². The summed E-state index contributed by atoms with van der Waals surface area (Å²) in [7, 11) is -7.51. The van der Waals surface area contributed by atoms with Crippen LogP contribution in [0.5, 0.6) is 0 Å². The summed E-state index contributed by atoms with van der Waals surface area (Å²) in [4.78, 5) is 0. The van der Waals surface area contributed by atoms with Crippen LogP contribution < -0.4 is 10.0 Å². The highest BCUT2D eigenvalue weighted by Crippen LogP contribution is 2.20. The molecule has 0 amide bonds. The molecule has 0 bridgehead atoms. The van der Waals surface area contributed by atoms with Gasteiger partial charge in [-0.05, 0) is 25.9 Å². The van der Waals surface area contributed by atoms with E-state index < -0.39 is 24.9 Å². The number of sulfone groups is 1. The van der Waals surface area contributed by atoms with Crippen LogP contribution in [0.1, 0.15) is 18.9 Å². The molecule has 0 radical (unpaired) electrons. The first-order valence-corrected chi connectivity index (χ1v) is 9.89. The summed E-state index contributed by atoms with van der Waals surface area (Å²) in [6.45, 7) is 1.80. The number of hydrogen-bond donors (Lipinski definition) is 2. The average Bonchev–Trinajstić information content (AvgIpc) is 2.74. The minimum absolute atomic E-state index is 0.240. The Hall–Kier alpha value is -1.13. The molecule has 0 unspecified atom stereocenters. The van der Waals surface area contributed by atoms with Crippen LogP contribution in [-0.2, 0) is 19.9 Å². The fourth-order valence-electron chi connectivity index (χ4n) is 2.15. The average molecular weight is 322 g/mol. The SMILES string of the molecule is CS(=O)(=O)CS(=O)(=O)Nc1cnn(C2CCNCC2)c1. The molecule has 0 spiro atoms. The first-order valence-electron chi connectivity index (χ1n) is 6.18. The molecular weight excluding hydrogens is 304 g/mol. The van der Waals surface area contributed by atoms with E-state index in [1.54, 1.807) is 10.9 Å². The summed E-state index contributed by atoms with van der Waals surface area (Å²) in [5.74, 6) is 0. The van der Waals surface area contributed by atoms with Crippen LogP contribution in [0.4, 0.5) is 5.69 Å². The van der Waals surface area contributed by atoms with Crippen LogP contribution in [0.25, 0.3) is 0 Å². The normalized spacial score (nSPS) is 18.1. The highest BCUT2D eigenvalue weighted by Gasteiger charge is 2.20. The fourth-order valence-corrected chi connectivity index (χ4v) is 5.11. The Kier molecular flexibility index (Phi) is 4.35. The van der Waals surface area contributed by atoms with E-state index >= 15 is 0 Å². The van der Waals surface area contributed by atoms with Crippen molar-refractivity contribution in [2.24, 2.45) is 0 Å². The minimum Gasteiger partial charge on any atom is -0.317 e. The Morgan fingerprint density at radius 1 is 1.35 bits per heavy atom. The molecule has 1 aliphatic rings. The lowest BCUT2D eigenvalue weighted by atomic mass is 10.1. The molecule has 2 N–H and O–H groups in total. The summed E-state index contributed by atoms with van der Waals surface area (Å²) in [6.07, 6.45) is 5.72. The fraction of sp³-hybridized carbons (Fsp3) is 0.700. The molecule has 0 aliphatic carbocycles. The smallest absolute Gasteiger partial charge is 0.247 e. The molecule has 1 aliphatic heterocycles. The summed E-state index contributed by atoms with van der Waals surface area (Å²) in [6, 6.07) is 0.240. The standard InChI is InChI=1S/C10H18N4O4S2/c1-19(15,16)8-20(17,18)13-9-6-12-14(7-9)10-2-4-11-5-3-10/h6-7,10-11,13H,2-5,8H2,1H3. The summed E-state index contributed by atoms with van der Waals surface area (Å²) in [5.41, 5.74) is 0.284. The van der Waals surface area contributed by atoms with Gasteiger partial charge < -0.3 is 5.32 Å². The van der Waals surface area contributed by atoms with Gasteiger partial charge in [-0.3, -0.25) is 9.40 Å². The predicted molar refractivity (Wildman–Crippen MR) is 75.6 cm³/mol. The molecule has 1 saturated heterocycles. The Labute approximate surface area is 118 Å². The van der Waals surface area contributed by atoms with Crippen molar-refractivity contribution in [2.75, 3.05) is 29.2 Å². The molecule has 1 aromatic heterocycles. The van der Waals surface area contributed by atoms with Crippen molar-refractivity contribution < 1.29 is 16.8 Å². The lowest BCUT2D eigenvalue weighted by Crippen LogP contribution is -2.29. The highest BCUT2D eigenvalue weighted by molar-refractivity contribution is 8.08. The first-order chi connectivity index (χ1) is 9.25. The molecule has 0 atom stereocenters. The topological polar surface area (TPSA) is 110 Å². The number of rotatable bonds is 5. The van der Waals surface area contributed by atoms with Crippen molar-refractivity contribution in [3.8, 4) is 0 Å². The van der Waals surface area contributed by atoms with E-state index in [-0.39, 0.29) is 11.7 Å². The van der Waals surface area contributed by atoms with Crippen molar-refractivity contribution in [2.45, 2.75) is 18.9 Å². The minimum atomic E-state index is -3.91. The molecule has 20 heavy (non-hydrogen) atoms. The first kappa shape index (κ1) is 15.3. The Balaban J connectivity index is 2.05. The van der Waals surface area contributed by atoms with Gasteiger partial charge in [0, 0.05) is 12.5 Å². The van der Waals surface area contributed by atoms with Crippen LogP contribution >= 0.6 is 0 Å². The zero-order valence-corrected chi connectivity index (χ0v) is 12.7. The Bertz CT molecular complexity index is 659. The van der Waals surface area contributed by atoms with Gasteiger partial charge in [-0.15, -0.1) is 0 Å². The molecule has 1 fully saturated rings. The molecule has 2 rings (SSSR count). The van der Waals surface area contributed by atoms with Crippen molar-refractivity contribution in [1.82, 2.24) is 15.1 Å². The lowest BCUT2D eigenvalue weighted by Gasteiger charge is -2.22. The van der Waals surface area contributed by atoms with E-state index in [9.17, 15) is 16.8 Å². The lowest BCUT2D eigenvalue weighted by molar-refractivity contribution is 0.343. The van der Waals surface area contributed by atoms with Gasteiger partial charge in [0.2, 0.25) is 10.0 Å². The van der Waals surface area contributed by atoms with Crippen LogP contribution in [0.2, 0.25) is 0 Å². The van der Waals surface area contributed by atoms with Crippen LogP contribution in [-0.4, -0.2) is 51.0 Å². The quantitative estimate of drug-likeness (QED) is 0.760. The number of nitrogens with one attached hydrogen (secondary N) is 2. The zero-order valence-electron chi connectivity index (χ0n) is 11.1. The molecule has 8 nitrogen and oxygen atoms in total. The van der Waals surface area contributed by atoms with Gasteiger partial charge in [-0.1, -0.05) is 0 Å². The second-order valence-corrected chi connectivity index (χ2v) is 9.18. The van der Waals surface area contributed by atoms with E-state index in [0.717, 1.165) is 32.2 Å². The molecule has 0 aromatic carbocycles. The third kappa shape index (κ3) is 4.46. The van der Waals surface area contributed by atoms with E-state index in [1.807, 2.05) is 0 Å². The second-order valence-electron chi connectivity index (χ2n) is 4.95. The number of sulfonamides is 1. The third-order valence-corrected chi connectivity index (χ3v) is 6.43. The van der Waals surface area contributed by atoms with Gasteiger partial charge in [0.15, 0.2) is 14.9 Å². The maximum absolute atomic E-state index is 11.7. The zero-order chi connectivity index (χ0) is 14.8. The summed E-state index contributed by atoms with van der Waals surface area (Å²) < 4.78 is 49.4. The van der Waals surface area contributed by atoms with Crippen molar-refractivity contribution >= 4 is 25.5 Å². The molecule has 0 saturated carbocycles. The molecular formula is C10H18N4O4S2. The molecule has 10 heteroatoms. The van der Waals surface area contributed by atoms with Gasteiger partial charge in [-0.25, -0.2) is 16.8 Å². The molecule has 2 heterocycles. The molecule has 1 aromatic rings. The Morgan fingerprint density at radius 2 is 2.00 bits per heavy atom. The van der Waals surface area contributed by atoms with Gasteiger partial charge in [0.05, 0.1) is 17.9 Å². The highest BCUT2D eigenvalue weighted by atomic mass is 32.3. The number of anilines is 1. The van der Waals surface area contributed by atoms with E-state index in [4.69, 9.17) is 0 Å². The summed E-state index contributed by atoms with van der Waals surface area (Å²) in [5, 5.41) is 6.44. The Morgan fingerprint density at radius 3 is 2.60 bits per heavy atom. The van der Waals surface area contributed by atoms with Crippen molar-refractivity contribution in [3.05, 3.63) is 12.4 Å². The predicted octanol–water partition coefficient (Wildman–Crippen LogP) is -0.449. The largest absolute Gasteiger partial charge is 0.317 e. The van der Waals surface area contributed by atoms with Crippen molar-refractivity contribution in [1.29, 1.82) is 0 Å². The maximum atomic E-state index is 11.7. The van der Waals surface area contributed by atoms with Gasteiger partial charge >= 0.3 is 0 Å². The van der Waals surface area contributed by atoms with Crippen LogP contribution in [0.15, 0.2) is 12.4 Å². The van der Waals surface area contributed by atoms with Crippen molar-refractivity contribution in [3.63, 3.8) is 0 Å². The monoisotopic (exact) mass is 322 g/mol. The number of nitrogens with zero attached hydrogens (tertiary/aromatic N) is 2. The third-order valence-electron chi connectivity index (χ3n) is 2.93. The number of piperidine rings is 1. The van der Waals surface area contributed by atoms with Gasteiger partial charge in [0.1, 0.15) is 0 Å². The number of aromatic nitrogens is 2.